The number of H-pyrrole nitrogens is 1. The predicted molar refractivity (Wildman–Crippen MR) is 144 cm³/mol. The second kappa shape index (κ2) is 10.1. The van der Waals surface area contributed by atoms with E-state index in [9.17, 15) is 10.2 Å². The van der Waals surface area contributed by atoms with Gasteiger partial charge in [-0.3, -0.25) is 9.56 Å². The van der Waals surface area contributed by atoms with Crippen LogP contribution >= 0.6 is 0 Å². The molecule has 12 heteroatoms. The van der Waals surface area contributed by atoms with Gasteiger partial charge in [-0.1, -0.05) is 18.2 Å². The van der Waals surface area contributed by atoms with Crippen molar-refractivity contribution in [3.63, 3.8) is 0 Å². The third kappa shape index (κ3) is 4.93. The zero-order chi connectivity index (χ0) is 26.8. The molecule has 1 aliphatic rings. The quantitative estimate of drug-likeness (QED) is 0.255. The molecule has 4 aromatic heterocycles. The van der Waals surface area contributed by atoms with Crippen LogP contribution in [0.3, 0.4) is 0 Å². The van der Waals surface area contributed by atoms with Crippen LogP contribution in [0.15, 0.2) is 60.9 Å². The average Bonchev–Trinajstić information content (AvgIpc) is 3.40. The molecule has 1 aromatic carbocycles. The number of hydrogen-bond acceptors (Lipinski definition) is 9. The topological polar surface area (TPSA) is 154 Å². The van der Waals surface area contributed by atoms with Gasteiger partial charge in [0.15, 0.2) is 11.8 Å². The number of rotatable bonds is 4. The van der Waals surface area contributed by atoms with Gasteiger partial charge in [0.05, 0.1) is 36.6 Å². The second-order valence-corrected chi connectivity index (χ2v) is 9.12. The minimum atomic E-state index is -0.146. The number of anilines is 3. The van der Waals surface area contributed by atoms with E-state index in [-0.39, 0.29) is 11.8 Å². The zero-order valence-electron chi connectivity index (χ0n) is 20.9. The lowest BCUT2D eigenvalue weighted by Gasteiger charge is -2.20. The maximum Gasteiger partial charge on any atom is 0.434 e. The minimum Gasteiger partial charge on any atom is -0.494 e. The molecule has 0 saturated carbocycles. The van der Waals surface area contributed by atoms with Crippen LogP contribution in [-0.4, -0.2) is 65.9 Å². The molecule has 1 fully saturated rings. The molecule has 0 radical (unpaired) electrons. The highest BCUT2D eigenvalue weighted by atomic mass is 16.3. The maximum absolute atomic E-state index is 10.1. The number of nitrogens with one attached hydrogen (secondary N) is 2. The van der Waals surface area contributed by atoms with Gasteiger partial charge in [-0.15, -0.1) is 0 Å². The number of aromatic nitrogens is 6. The van der Waals surface area contributed by atoms with Gasteiger partial charge in [0.2, 0.25) is 5.65 Å². The first-order valence-electron chi connectivity index (χ1n) is 12.5. The summed E-state index contributed by atoms with van der Waals surface area (Å²) in [7, 11) is 0. The summed E-state index contributed by atoms with van der Waals surface area (Å²) in [5.74, 6) is 1.05. The Kier molecular flexibility index (Phi) is 6.22. The lowest BCUT2D eigenvalue weighted by atomic mass is 10.2. The Morgan fingerprint density at radius 2 is 1.92 bits per heavy atom. The molecule has 4 N–H and O–H groups in total. The fourth-order valence-electron chi connectivity index (χ4n) is 4.57. The highest BCUT2D eigenvalue weighted by molar-refractivity contribution is 5.62. The van der Waals surface area contributed by atoms with E-state index in [1.165, 1.54) is 6.07 Å². The van der Waals surface area contributed by atoms with Crippen molar-refractivity contribution in [3.8, 4) is 17.8 Å². The van der Waals surface area contributed by atoms with E-state index in [0.29, 0.717) is 46.6 Å². The molecule has 39 heavy (non-hydrogen) atoms. The van der Waals surface area contributed by atoms with Gasteiger partial charge in [-0.05, 0) is 46.7 Å². The maximum atomic E-state index is 10.1. The molecular weight excluding hydrogens is 496 g/mol. The Morgan fingerprint density at radius 1 is 1.05 bits per heavy atom. The van der Waals surface area contributed by atoms with Gasteiger partial charge in [0.25, 0.3) is 0 Å². The van der Waals surface area contributed by atoms with Gasteiger partial charge in [-0.2, -0.15) is 14.9 Å². The van der Waals surface area contributed by atoms with Crippen LogP contribution in [0, 0.1) is 11.3 Å². The number of nitriles is 1. The van der Waals surface area contributed by atoms with E-state index in [0.717, 1.165) is 31.0 Å². The Balaban J connectivity index is 1.43. The van der Waals surface area contributed by atoms with E-state index in [1.807, 2.05) is 36.4 Å². The molecule has 1 saturated heterocycles. The van der Waals surface area contributed by atoms with Gasteiger partial charge in [-0.25, -0.2) is 4.98 Å². The summed E-state index contributed by atoms with van der Waals surface area (Å²) in [5.41, 5.74) is 2.90. The van der Waals surface area contributed by atoms with E-state index in [4.69, 9.17) is 15.2 Å². The Bertz CT molecular complexity index is 1800. The van der Waals surface area contributed by atoms with E-state index < -0.39 is 0 Å². The van der Waals surface area contributed by atoms with Crippen molar-refractivity contribution in [3.05, 3.63) is 82.9 Å². The Hall–Kier alpha value is -5.44. The Labute approximate surface area is 222 Å². The molecule has 0 spiro atoms. The first-order valence-corrected chi connectivity index (χ1v) is 12.5. The van der Waals surface area contributed by atoms with Crippen molar-refractivity contribution >= 4 is 29.2 Å². The molecule has 0 bridgehead atoms. The van der Waals surface area contributed by atoms with Crippen LogP contribution in [0.4, 0.5) is 17.5 Å². The number of hydrogen-bond donors (Lipinski definition) is 4. The van der Waals surface area contributed by atoms with Crippen molar-refractivity contribution in [2.45, 2.75) is 6.42 Å². The summed E-state index contributed by atoms with van der Waals surface area (Å²) >= 11 is 0. The fourth-order valence-corrected chi connectivity index (χ4v) is 4.57. The zero-order valence-corrected chi connectivity index (χ0v) is 20.9. The third-order valence-electron chi connectivity index (χ3n) is 6.52. The van der Waals surface area contributed by atoms with Crippen molar-refractivity contribution in [1.29, 1.82) is 5.26 Å². The molecule has 1 aliphatic heterocycles. The van der Waals surface area contributed by atoms with Gasteiger partial charge >= 0.3 is 11.6 Å². The van der Waals surface area contributed by atoms with Crippen LogP contribution in [0.5, 0.6) is 11.8 Å². The molecule has 5 aromatic rings. The number of benzene rings is 1. The lowest BCUT2D eigenvalue weighted by Crippen LogP contribution is -2.39. The van der Waals surface area contributed by atoms with Crippen molar-refractivity contribution in [1.82, 2.24) is 34.1 Å². The van der Waals surface area contributed by atoms with Crippen LogP contribution in [0.2, 0.25) is 0 Å². The highest BCUT2D eigenvalue weighted by Crippen LogP contribution is 2.22. The Morgan fingerprint density at radius 3 is 2.67 bits per heavy atom. The number of fused-ring (bicyclic) bond motifs is 1. The third-order valence-corrected chi connectivity index (χ3v) is 6.52. The molecule has 0 aliphatic carbocycles. The monoisotopic (exact) mass is 521 g/mol. The molecular formula is C27H25N10O2+. The summed E-state index contributed by atoms with van der Waals surface area (Å²) in [6, 6.07) is 16.9. The molecule has 5 heterocycles. The molecule has 0 unspecified atom stereocenters. The highest BCUT2D eigenvalue weighted by Gasteiger charge is 2.21. The molecule has 0 amide bonds. The van der Waals surface area contributed by atoms with Crippen molar-refractivity contribution < 1.29 is 10.2 Å². The number of aromatic amines is 1. The molecule has 0 atom stereocenters. The second-order valence-electron chi connectivity index (χ2n) is 9.12. The molecule has 12 nitrogen and oxygen atoms in total. The average molecular weight is 522 g/mol. The number of aromatic hydroxyl groups is 2. The van der Waals surface area contributed by atoms with Crippen LogP contribution in [0.25, 0.3) is 11.7 Å². The summed E-state index contributed by atoms with van der Waals surface area (Å²) in [6.07, 6.45) is 5.81. The number of pyridine rings is 1. The van der Waals surface area contributed by atoms with E-state index in [2.05, 4.69) is 35.9 Å². The SMILES string of the molecule is N#Cc1ccc(N2CCC[N+](=c3nc(Nc4ccccc4)n4ncc(=Cc5cc(O)[nH]c5O)c4n3)CC2)nc1. The van der Waals surface area contributed by atoms with Gasteiger partial charge < -0.3 is 20.4 Å². The molecule has 6 rings (SSSR count). The fraction of sp³-hybridized carbons (Fsp3) is 0.185. The van der Waals surface area contributed by atoms with Gasteiger partial charge in [0, 0.05) is 30.1 Å². The predicted octanol–water partition coefficient (Wildman–Crippen LogP) is 1.10. The smallest absolute Gasteiger partial charge is 0.434 e. The van der Waals surface area contributed by atoms with Crippen molar-refractivity contribution in [2.75, 3.05) is 36.4 Å². The van der Waals surface area contributed by atoms with E-state index in [1.54, 1.807) is 29.1 Å². The standard InChI is InChI=1S/C27H24N10O2/c28-15-18-7-8-22(29-16-18)35-9-4-10-36(12-11-35)26-33-24-20(13-19-14-23(38)32-25(19)39)17-30-37(24)27(34-26)31-21-5-2-1-3-6-21/h1-3,5-8,13-14,16-17H,4,9-12H2,(H3,30,31,32,33,34,38,39)/p+1. The lowest BCUT2D eigenvalue weighted by molar-refractivity contribution is 0.425. The first kappa shape index (κ1) is 23.9. The molecule has 194 valence electrons. The summed E-state index contributed by atoms with van der Waals surface area (Å²) in [4.78, 5) is 18.9. The number of para-hydroxylation sites is 1. The van der Waals surface area contributed by atoms with Crippen molar-refractivity contribution in [2.24, 2.45) is 0 Å². The first-order chi connectivity index (χ1) is 19.1. The normalized spacial score (nSPS) is 15.8. The van der Waals surface area contributed by atoms with E-state index >= 15 is 0 Å². The van der Waals surface area contributed by atoms with Gasteiger partial charge in [0.1, 0.15) is 11.9 Å². The van der Waals surface area contributed by atoms with Crippen LogP contribution in [-0.2, 0) is 0 Å². The summed E-state index contributed by atoms with van der Waals surface area (Å²) in [5, 5.41) is 37.4. The van der Waals surface area contributed by atoms with Crippen LogP contribution in [0.1, 0.15) is 17.5 Å². The number of nitrogens with zero attached hydrogens (tertiary/aromatic N) is 8. The summed E-state index contributed by atoms with van der Waals surface area (Å²) < 4.78 is 3.76. The van der Waals surface area contributed by atoms with Crippen LogP contribution < -0.4 is 25.6 Å². The minimum absolute atomic E-state index is 0.136. The summed E-state index contributed by atoms with van der Waals surface area (Å²) in [6.45, 7) is 2.94. The largest absolute Gasteiger partial charge is 0.494 e.